The van der Waals surface area contributed by atoms with E-state index in [1.807, 2.05) is 6.92 Å². The van der Waals surface area contributed by atoms with Crippen molar-refractivity contribution in [1.29, 1.82) is 0 Å². The third-order valence-electron chi connectivity index (χ3n) is 3.88. The smallest absolute Gasteiger partial charge is 0.256 e. The van der Waals surface area contributed by atoms with Gasteiger partial charge in [0.1, 0.15) is 12.4 Å². The average Bonchev–Trinajstić information content (AvgIpc) is 2.45. The molecule has 0 aromatic heterocycles. The number of carbonyl (C=O) groups excluding carboxylic acids is 1. The molecule has 0 aliphatic heterocycles. The third-order valence-corrected chi connectivity index (χ3v) is 3.88. The molecule has 1 aliphatic carbocycles. The number of aliphatic hydroxyl groups excluding tert-OH is 1. The van der Waals surface area contributed by atoms with E-state index >= 15 is 0 Å². The van der Waals surface area contributed by atoms with Gasteiger partial charge in [-0.25, -0.2) is 4.39 Å². The molecule has 0 radical (unpaired) electrons. The van der Waals surface area contributed by atoms with E-state index in [2.05, 4.69) is 11.8 Å². The summed E-state index contributed by atoms with van der Waals surface area (Å²) >= 11 is 0. The molecule has 2 rings (SSSR count). The van der Waals surface area contributed by atoms with Crippen LogP contribution in [-0.2, 0) is 0 Å². The highest BCUT2D eigenvalue weighted by atomic mass is 19.1. The van der Waals surface area contributed by atoms with Crippen LogP contribution < -0.4 is 0 Å². The van der Waals surface area contributed by atoms with Crippen LogP contribution in [0.1, 0.15) is 42.1 Å². The van der Waals surface area contributed by atoms with Gasteiger partial charge in [0.15, 0.2) is 0 Å². The Morgan fingerprint density at radius 2 is 2.24 bits per heavy atom. The number of amides is 1. The molecule has 1 aromatic rings. The maximum absolute atomic E-state index is 13.9. The van der Waals surface area contributed by atoms with Crippen LogP contribution in [0.15, 0.2) is 18.2 Å². The van der Waals surface area contributed by atoms with Gasteiger partial charge in [-0.2, -0.15) is 0 Å². The van der Waals surface area contributed by atoms with E-state index in [0.29, 0.717) is 24.6 Å². The van der Waals surface area contributed by atoms with E-state index in [0.717, 1.165) is 12.8 Å². The van der Waals surface area contributed by atoms with Crippen molar-refractivity contribution in [2.24, 2.45) is 5.92 Å². The zero-order valence-electron chi connectivity index (χ0n) is 12.2. The molecule has 0 saturated heterocycles. The first-order chi connectivity index (χ1) is 10.2. The fraction of sp³-hybridized carbons (Fsp3) is 0.471. The second kappa shape index (κ2) is 7.24. The molecule has 4 heteroatoms. The first-order valence-corrected chi connectivity index (χ1v) is 7.34. The summed E-state index contributed by atoms with van der Waals surface area (Å²) in [6, 6.07) is 4.23. The van der Waals surface area contributed by atoms with Crippen LogP contribution in [0.2, 0.25) is 0 Å². The molecule has 1 N–H and O–H groups in total. The van der Waals surface area contributed by atoms with Crippen molar-refractivity contribution < 1.29 is 14.3 Å². The van der Waals surface area contributed by atoms with Crippen molar-refractivity contribution in [3.63, 3.8) is 0 Å². The first-order valence-electron chi connectivity index (χ1n) is 7.34. The highest BCUT2D eigenvalue weighted by molar-refractivity contribution is 5.94. The fourth-order valence-corrected chi connectivity index (χ4v) is 2.42. The molecule has 0 atom stereocenters. The van der Waals surface area contributed by atoms with Gasteiger partial charge in [0.2, 0.25) is 0 Å². The molecular weight excluding hydrogens is 269 g/mol. The van der Waals surface area contributed by atoms with Crippen molar-refractivity contribution in [3.8, 4) is 11.8 Å². The molecular formula is C17H20FNO2. The number of rotatable bonds is 4. The lowest BCUT2D eigenvalue weighted by Crippen LogP contribution is -2.37. The SMILES string of the molecule is CCN(CC1CCC1)C(=O)c1cc(C#CCO)ccc1F. The summed E-state index contributed by atoms with van der Waals surface area (Å²) in [5.74, 6) is 4.94. The fourth-order valence-electron chi connectivity index (χ4n) is 2.42. The van der Waals surface area contributed by atoms with Gasteiger partial charge < -0.3 is 10.0 Å². The molecule has 1 fully saturated rings. The minimum absolute atomic E-state index is 0.0564. The van der Waals surface area contributed by atoms with Crippen molar-refractivity contribution in [2.75, 3.05) is 19.7 Å². The van der Waals surface area contributed by atoms with Crippen LogP contribution >= 0.6 is 0 Å². The minimum Gasteiger partial charge on any atom is -0.384 e. The Bertz CT molecular complexity index is 570. The number of aliphatic hydroxyl groups is 1. The van der Waals surface area contributed by atoms with Gasteiger partial charge in [-0.15, -0.1) is 0 Å². The molecule has 1 amide bonds. The average molecular weight is 289 g/mol. The predicted molar refractivity (Wildman–Crippen MR) is 79.3 cm³/mol. The molecule has 112 valence electrons. The predicted octanol–water partition coefficient (Wildman–Crippen LogP) is 2.43. The van der Waals surface area contributed by atoms with Gasteiger partial charge in [-0.05, 0) is 43.9 Å². The summed E-state index contributed by atoms with van der Waals surface area (Å²) in [6.07, 6.45) is 3.51. The molecule has 1 aromatic carbocycles. The quantitative estimate of drug-likeness (QED) is 0.865. The number of halogens is 1. The minimum atomic E-state index is -0.526. The Labute approximate surface area is 124 Å². The van der Waals surface area contributed by atoms with Crippen LogP contribution in [-0.4, -0.2) is 35.6 Å². The van der Waals surface area contributed by atoms with Crippen molar-refractivity contribution >= 4 is 5.91 Å². The number of hydrogen-bond acceptors (Lipinski definition) is 2. The van der Waals surface area contributed by atoms with E-state index in [-0.39, 0.29) is 18.1 Å². The summed E-state index contributed by atoms with van der Waals surface area (Å²) in [6.45, 7) is 2.91. The Kier molecular flexibility index (Phi) is 5.35. The van der Waals surface area contributed by atoms with Crippen LogP contribution in [0.5, 0.6) is 0 Å². The van der Waals surface area contributed by atoms with Gasteiger partial charge in [0, 0.05) is 18.7 Å². The van der Waals surface area contributed by atoms with Gasteiger partial charge in [-0.1, -0.05) is 18.3 Å². The monoisotopic (exact) mass is 289 g/mol. The van der Waals surface area contributed by atoms with Gasteiger partial charge in [-0.3, -0.25) is 4.79 Å². The van der Waals surface area contributed by atoms with Crippen molar-refractivity contribution in [1.82, 2.24) is 4.90 Å². The Morgan fingerprint density at radius 3 is 2.81 bits per heavy atom. The molecule has 0 bridgehead atoms. The van der Waals surface area contributed by atoms with E-state index in [9.17, 15) is 9.18 Å². The molecule has 0 heterocycles. The summed E-state index contributed by atoms with van der Waals surface area (Å²) < 4.78 is 13.9. The lowest BCUT2D eigenvalue weighted by Gasteiger charge is -2.32. The van der Waals surface area contributed by atoms with Crippen molar-refractivity contribution in [2.45, 2.75) is 26.2 Å². The lowest BCUT2D eigenvalue weighted by atomic mass is 9.85. The molecule has 1 saturated carbocycles. The van der Waals surface area contributed by atoms with Gasteiger partial charge in [0.05, 0.1) is 5.56 Å². The highest BCUT2D eigenvalue weighted by Gasteiger charge is 2.24. The largest absolute Gasteiger partial charge is 0.384 e. The van der Waals surface area contributed by atoms with E-state index in [1.165, 1.54) is 24.6 Å². The molecule has 0 unspecified atom stereocenters. The van der Waals surface area contributed by atoms with Gasteiger partial charge >= 0.3 is 0 Å². The van der Waals surface area contributed by atoms with E-state index < -0.39 is 5.82 Å². The molecule has 3 nitrogen and oxygen atoms in total. The Morgan fingerprint density at radius 1 is 1.48 bits per heavy atom. The Hall–Kier alpha value is -1.86. The Balaban J connectivity index is 2.19. The summed E-state index contributed by atoms with van der Waals surface area (Å²) in [5, 5.41) is 8.70. The maximum Gasteiger partial charge on any atom is 0.256 e. The number of hydrogen-bond donors (Lipinski definition) is 1. The van der Waals surface area contributed by atoms with Gasteiger partial charge in [0.25, 0.3) is 5.91 Å². The standard InChI is InChI=1S/C17H20FNO2/c1-2-19(12-14-5-3-6-14)17(21)15-11-13(7-4-10-20)8-9-16(15)18/h8-9,11,14,20H,2-3,5-6,10,12H2,1H3. The summed E-state index contributed by atoms with van der Waals surface area (Å²) in [7, 11) is 0. The van der Waals surface area contributed by atoms with E-state index in [4.69, 9.17) is 5.11 Å². The molecule has 0 spiro atoms. The van der Waals surface area contributed by atoms with Crippen LogP contribution in [0.4, 0.5) is 4.39 Å². The highest BCUT2D eigenvalue weighted by Crippen LogP contribution is 2.27. The number of benzene rings is 1. The third kappa shape index (κ3) is 3.83. The molecule has 21 heavy (non-hydrogen) atoms. The van der Waals surface area contributed by atoms with Crippen LogP contribution in [0.3, 0.4) is 0 Å². The van der Waals surface area contributed by atoms with E-state index in [1.54, 1.807) is 4.90 Å². The second-order valence-corrected chi connectivity index (χ2v) is 5.30. The second-order valence-electron chi connectivity index (χ2n) is 5.30. The topological polar surface area (TPSA) is 40.5 Å². The van der Waals surface area contributed by atoms with Crippen LogP contribution in [0, 0.1) is 23.6 Å². The first kappa shape index (κ1) is 15.5. The zero-order chi connectivity index (χ0) is 15.2. The van der Waals surface area contributed by atoms with Crippen LogP contribution in [0.25, 0.3) is 0 Å². The van der Waals surface area contributed by atoms with Crippen molar-refractivity contribution in [3.05, 3.63) is 35.1 Å². The lowest BCUT2D eigenvalue weighted by molar-refractivity contribution is 0.0701. The summed E-state index contributed by atoms with van der Waals surface area (Å²) in [5.41, 5.74) is 0.592. The number of nitrogens with zero attached hydrogens (tertiary/aromatic N) is 1. The number of carbonyl (C=O) groups is 1. The normalized spacial score (nSPS) is 14.0. The molecule has 1 aliphatic rings. The zero-order valence-corrected chi connectivity index (χ0v) is 12.2. The maximum atomic E-state index is 13.9. The summed E-state index contributed by atoms with van der Waals surface area (Å²) in [4.78, 5) is 14.2.